The van der Waals surface area contributed by atoms with Crippen LogP contribution in [0.3, 0.4) is 0 Å². The molecule has 0 aliphatic rings. The van der Waals surface area contributed by atoms with Crippen LogP contribution in [-0.4, -0.2) is 27.2 Å². The van der Waals surface area contributed by atoms with Crippen LogP contribution in [0.15, 0.2) is 18.2 Å². The number of primary amides is 1. The Kier molecular flexibility index (Phi) is 4.78. The van der Waals surface area contributed by atoms with Crippen LogP contribution < -0.4 is 20.5 Å². The molecule has 0 heterocycles. The van der Waals surface area contributed by atoms with Gasteiger partial charge < -0.3 is 20.5 Å². The third-order valence-electron chi connectivity index (χ3n) is 2.56. The number of hydrogen-bond acceptors (Lipinski definition) is 4. The molecule has 5 heteroatoms. The smallest absolute Gasteiger partial charge is 0.219 e. The fraction of sp³-hybridized carbons (Fsp3) is 0.417. The quantitative estimate of drug-likeness (QED) is 0.770. The van der Waals surface area contributed by atoms with Crippen molar-refractivity contribution in [2.45, 2.75) is 12.5 Å². The minimum absolute atomic E-state index is 0.118. The Bertz CT molecular complexity index is 393. The molecule has 0 aliphatic carbocycles. The second kappa shape index (κ2) is 6.10. The highest BCUT2D eigenvalue weighted by Crippen LogP contribution is 2.30. The standard InChI is InChI=1S/C12H18N2O3/c1-14-9(7-12(13)15)8-4-5-10(16-2)11(6-8)17-3/h4-6,9,14H,7H2,1-3H3,(H2,13,15). The van der Waals surface area contributed by atoms with Crippen LogP contribution in [0.2, 0.25) is 0 Å². The number of hydrogen-bond donors (Lipinski definition) is 2. The van der Waals surface area contributed by atoms with Crippen molar-refractivity contribution < 1.29 is 14.3 Å². The van der Waals surface area contributed by atoms with Gasteiger partial charge >= 0.3 is 0 Å². The van der Waals surface area contributed by atoms with E-state index in [2.05, 4.69) is 5.32 Å². The molecule has 0 radical (unpaired) electrons. The van der Waals surface area contributed by atoms with Crippen LogP contribution in [0.1, 0.15) is 18.0 Å². The largest absolute Gasteiger partial charge is 0.493 e. The number of nitrogens with one attached hydrogen (secondary N) is 1. The van der Waals surface area contributed by atoms with E-state index in [4.69, 9.17) is 15.2 Å². The summed E-state index contributed by atoms with van der Waals surface area (Å²) >= 11 is 0. The molecular formula is C12H18N2O3. The first-order valence-electron chi connectivity index (χ1n) is 5.29. The lowest BCUT2D eigenvalue weighted by Gasteiger charge is -2.17. The van der Waals surface area contributed by atoms with E-state index >= 15 is 0 Å². The molecule has 94 valence electrons. The number of carbonyl (C=O) groups is 1. The molecule has 0 aromatic heterocycles. The van der Waals surface area contributed by atoms with Gasteiger partial charge in [-0.2, -0.15) is 0 Å². The maximum atomic E-state index is 10.9. The van der Waals surface area contributed by atoms with Crippen LogP contribution in [-0.2, 0) is 4.79 Å². The minimum atomic E-state index is -0.348. The predicted octanol–water partition coefficient (Wildman–Crippen LogP) is 0.840. The normalized spacial score (nSPS) is 11.9. The second-order valence-corrected chi connectivity index (χ2v) is 3.63. The first kappa shape index (κ1) is 13.3. The highest BCUT2D eigenvalue weighted by Gasteiger charge is 2.14. The van der Waals surface area contributed by atoms with E-state index in [0.717, 1.165) is 5.56 Å². The molecule has 1 rings (SSSR count). The highest BCUT2D eigenvalue weighted by molar-refractivity contribution is 5.74. The number of nitrogens with two attached hydrogens (primary N) is 1. The number of amides is 1. The van der Waals surface area contributed by atoms with Gasteiger partial charge in [-0.1, -0.05) is 6.07 Å². The molecule has 0 bridgehead atoms. The van der Waals surface area contributed by atoms with E-state index in [1.54, 1.807) is 27.3 Å². The lowest BCUT2D eigenvalue weighted by Crippen LogP contribution is -2.23. The molecule has 1 amide bonds. The lowest BCUT2D eigenvalue weighted by atomic mass is 10.0. The van der Waals surface area contributed by atoms with Crippen LogP contribution in [0.5, 0.6) is 11.5 Å². The van der Waals surface area contributed by atoms with Crippen molar-refractivity contribution in [3.63, 3.8) is 0 Å². The van der Waals surface area contributed by atoms with E-state index in [1.165, 1.54) is 0 Å². The zero-order valence-electron chi connectivity index (χ0n) is 10.3. The summed E-state index contributed by atoms with van der Waals surface area (Å²) < 4.78 is 10.4. The van der Waals surface area contributed by atoms with E-state index in [-0.39, 0.29) is 18.4 Å². The molecule has 1 aromatic rings. The third kappa shape index (κ3) is 3.35. The predicted molar refractivity (Wildman–Crippen MR) is 65.2 cm³/mol. The van der Waals surface area contributed by atoms with E-state index in [1.807, 2.05) is 12.1 Å². The molecule has 0 fully saturated rings. The molecule has 0 saturated carbocycles. The Hall–Kier alpha value is -1.75. The Balaban J connectivity index is 3.00. The van der Waals surface area contributed by atoms with Crippen molar-refractivity contribution in [2.24, 2.45) is 5.73 Å². The summed E-state index contributed by atoms with van der Waals surface area (Å²) in [6.07, 6.45) is 0.242. The van der Waals surface area contributed by atoms with Crippen molar-refractivity contribution in [1.29, 1.82) is 0 Å². The first-order chi connectivity index (χ1) is 8.12. The Morgan fingerprint density at radius 1 is 1.35 bits per heavy atom. The zero-order valence-corrected chi connectivity index (χ0v) is 10.3. The van der Waals surface area contributed by atoms with Gasteiger partial charge in [0.05, 0.1) is 14.2 Å². The summed E-state index contributed by atoms with van der Waals surface area (Å²) in [4.78, 5) is 10.9. The average Bonchev–Trinajstić information content (AvgIpc) is 2.34. The van der Waals surface area contributed by atoms with Gasteiger partial charge in [0.15, 0.2) is 11.5 Å². The summed E-state index contributed by atoms with van der Waals surface area (Å²) in [5, 5.41) is 3.04. The summed E-state index contributed by atoms with van der Waals surface area (Å²) in [6, 6.07) is 5.40. The van der Waals surface area contributed by atoms with Crippen molar-refractivity contribution in [3.8, 4) is 11.5 Å². The monoisotopic (exact) mass is 238 g/mol. The topological polar surface area (TPSA) is 73.6 Å². The SMILES string of the molecule is CNC(CC(N)=O)c1ccc(OC)c(OC)c1. The van der Waals surface area contributed by atoms with Crippen molar-refractivity contribution in [3.05, 3.63) is 23.8 Å². The van der Waals surface area contributed by atoms with Crippen LogP contribution >= 0.6 is 0 Å². The van der Waals surface area contributed by atoms with Gasteiger partial charge in [-0.3, -0.25) is 4.79 Å². The van der Waals surface area contributed by atoms with Gasteiger partial charge in [-0.15, -0.1) is 0 Å². The van der Waals surface area contributed by atoms with Crippen LogP contribution in [0.25, 0.3) is 0 Å². The number of carbonyl (C=O) groups excluding carboxylic acids is 1. The molecule has 17 heavy (non-hydrogen) atoms. The Labute approximate surface area is 101 Å². The number of methoxy groups -OCH3 is 2. The second-order valence-electron chi connectivity index (χ2n) is 3.63. The lowest BCUT2D eigenvalue weighted by molar-refractivity contribution is -0.118. The fourth-order valence-electron chi connectivity index (χ4n) is 1.66. The Morgan fingerprint density at radius 3 is 2.47 bits per heavy atom. The van der Waals surface area contributed by atoms with Gasteiger partial charge in [-0.25, -0.2) is 0 Å². The van der Waals surface area contributed by atoms with E-state index in [9.17, 15) is 4.79 Å². The summed E-state index contributed by atoms with van der Waals surface area (Å²) in [5.74, 6) is 0.944. The molecule has 5 nitrogen and oxygen atoms in total. The maximum Gasteiger partial charge on any atom is 0.219 e. The van der Waals surface area contributed by atoms with Crippen LogP contribution in [0, 0.1) is 0 Å². The minimum Gasteiger partial charge on any atom is -0.493 e. The van der Waals surface area contributed by atoms with Gasteiger partial charge in [0.1, 0.15) is 0 Å². The Morgan fingerprint density at radius 2 is 2.00 bits per heavy atom. The van der Waals surface area contributed by atoms with Gasteiger partial charge in [0.2, 0.25) is 5.91 Å². The highest BCUT2D eigenvalue weighted by atomic mass is 16.5. The van der Waals surface area contributed by atoms with Gasteiger partial charge in [-0.05, 0) is 24.7 Å². The molecule has 0 aliphatic heterocycles. The molecule has 0 spiro atoms. The summed E-state index contributed by atoms with van der Waals surface area (Å²) in [7, 11) is 4.94. The molecule has 1 aromatic carbocycles. The van der Waals surface area contributed by atoms with Gasteiger partial charge in [0, 0.05) is 12.5 Å². The first-order valence-corrected chi connectivity index (χ1v) is 5.29. The average molecular weight is 238 g/mol. The van der Waals surface area contributed by atoms with E-state index in [0.29, 0.717) is 11.5 Å². The molecular weight excluding hydrogens is 220 g/mol. The van der Waals surface area contributed by atoms with Crippen molar-refractivity contribution in [2.75, 3.05) is 21.3 Å². The third-order valence-corrected chi connectivity index (χ3v) is 2.56. The number of rotatable bonds is 6. The molecule has 1 atom stereocenters. The van der Waals surface area contributed by atoms with Gasteiger partial charge in [0.25, 0.3) is 0 Å². The molecule has 0 saturated heterocycles. The fourth-order valence-corrected chi connectivity index (χ4v) is 1.66. The van der Waals surface area contributed by atoms with E-state index < -0.39 is 0 Å². The maximum absolute atomic E-state index is 10.9. The van der Waals surface area contributed by atoms with Crippen molar-refractivity contribution >= 4 is 5.91 Å². The molecule has 3 N–H and O–H groups in total. The summed E-state index contributed by atoms with van der Waals surface area (Å²) in [6.45, 7) is 0. The number of ether oxygens (including phenoxy) is 2. The number of benzene rings is 1. The molecule has 1 unspecified atom stereocenters. The zero-order chi connectivity index (χ0) is 12.8. The van der Waals surface area contributed by atoms with Crippen molar-refractivity contribution in [1.82, 2.24) is 5.32 Å². The summed E-state index contributed by atoms with van der Waals surface area (Å²) in [5.41, 5.74) is 6.13. The van der Waals surface area contributed by atoms with Crippen LogP contribution in [0.4, 0.5) is 0 Å².